The number of halogens is 2. The van der Waals surface area contributed by atoms with Crippen LogP contribution in [-0.4, -0.2) is 19.0 Å². The van der Waals surface area contributed by atoms with Gasteiger partial charge in [-0.2, -0.15) is 0 Å². The molecule has 1 fully saturated rings. The average molecular weight is 177 g/mol. The van der Waals surface area contributed by atoms with Crippen molar-refractivity contribution in [2.24, 2.45) is 11.3 Å². The zero-order valence-corrected chi connectivity index (χ0v) is 7.95. The minimum Gasteiger partial charge on any atom is -0.316 e. The maximum Gasteiger partial charge on any atom is 0.253 e. The lowest BCUT2D eigenvalue weighted by molar-refractivity contribution is -0.116. The summed E-state index contributed by atoms with van der Waals surface area (Å²) in [7, 11) is 0. The molecule has 1 heterocycles. The van der Waals surface area contributed by atoms with Crippen molar-refractivity contribution in [3.63, 3.8) is 0 Å². The predicted octanol–water partition coefficient (Wildman–Crippen LogP) is 2.28. The van der Waals surface area contributed by atoms with E-state index in [-0.39, 0.29) is 12.3 Å². The molecule has 0 bridgehead atoms. The molecule has 0 spiro atoms. The van der Waals surface area contributed by atoms with Crippen LogP contribution in [0.4, 0.5) is 8.78 Å². The lowest BCUT2D eigenvalue weighted by Crippen LogP contribution is -2.47. The zero-order valence-electron chi connectivity index (χ0n) is 7.95. The van der Waals surface area contributed by atoms with Gasteiger partial charge in [0.1, 0.15) is 0 Å². The van der Waals surface area contributed by atoms with Gasteiger partial charge >= 0.3 is 0 Å². The first-order valence-electron chi connectivity index (χ1n) is 4.41. The Hall–Kier alpha value is -0.180. The summed E-state index contributed by atoms with van der Waals surface area (Å²) >= 11 is 0. The summed E-state index contributed by atoms with van der Waals surface area (Å²) in [6.07, 6.45) is 0.0313. The molecule has 3 heteroatoms. The Bertz CT molecular complexity index is 156. The molecule has 0 aromatic rings. The summed E-state index contributed by atoms with van der Waals surface area (Å²) in [5.74, 6) is -2.35. The SMILES string of the molecule is CC(C)(C)C(F)(F)CC1CNC1. The fourth-order valence-electron chi connectivity index (χ4n) is 1.16. The lowest BCUT2D eigenvalue weighted by Gasteiger charge is -2.36. The number of alkyl halides is 2. The third-order valence-corrected chi connectivity index (χ3v) is 2.51. The highest BCUT2D eigenvalue weighted by atomic mass is 19.3. The lowest BCUT2D eigenvalue weighted by atomic mass is 9.81. The van der Waals surface area contributed by atoms with E-state index in [1.807, 2.05) is 0 Å². The van der Waals surface area contributed by atoms with Crippen LogP contribution in [-0.2, 0) is 0 Å². The molecule has 0 aromatic carbocycles. The third-order valence-electron chi connectivity index (χ3n) is 2.51. The van der Waals surface area contributed by atoms with Gasteiger partial charge in [-0.3, -0.25) is 0 Å². The Morgan fingerprint density at radius 2 is 1.75 bits per heavy atom. The van der Waals surface area contributed by atoms with Gasteiger partial charge < -0.3 is 5.32 Å². The Morgan fingerprint density at radius 3 is 2.00 bits per heavy atom. The van der Waals surface area contributed by atoms with Crippen LogP contribution >= 0.6 is 0 Å². The Balaban J connectivity index is 2.46. The smallest absolute Gasteiger partial charge is 0.253 e. The number of nitrogens with one attached hydrogen (secondary N) is 1. The third kappa shape index (κ3) is 1.94. The molecule has 1 rings (SSSR count). The van der Waals surface area contributed by atoms with Gasteiger partial charge in [-0.05, 0) is 19.0 Å². The molecule has 0 amide bonds. The summed E-state index contributed by atoms with van der Waals surface area (Å²) in [5, 5.41) is 3.00. The van der Waals surface area contributed by atoms with Crippen LogP contribution in [0.25, 0.3) is 0 Å². The van der Waals surface area contributed by atoms with Crippen LogP contribution < -0.4 is 5.32 Å². The van der Waals surface area contributed by atoms with Crippen molar-refractivity contribution >= 4 is 0 Å². The normalized spacial score (nSPS) is 20.8. The van der Waals surface area contributed by atoms with Crippen LogP contribution in [0.15, 0.2) is 0 Å². The minimum absolute atomic E-state index is 0.0313. The van der Waals surface area contributed by atoms with Crippen molar-refractivity contribution in [3.05, 3.63) is 0 Å². The van der Waals surface area contributed by atoms with E-state index in [1.54, 1.807) is 20.8 Å². The van der Waals surface area contributed by atoms with Gasteiger partial charge in [-0.25, -0.2) is 8.78 Å². The van der Waals surface area contributed by atoms with Gasteiger partial charge in [0.05, 0.1) is 0 Å². The monoisotopic (exact) mass is 177 g/mol. The molecule has 12 heavy (non-hydrogen) atoms. The molecule has 1 aliphatic rings. The summed E-state index contributed by atoms with van der Waals surface area (Å²) in [6.45, 7) is 6.30. The predicted molar refractivity (Wildman–Crippen MR) is 45.4 cm³/mol. The summed E-state index contributed by atoms with van der Waals surface area (Å²) in [4.78, 5) is 0. The summed E-state index contributed by atoms with van der Waals surface area (Å²) < 4.78 is 26.7. The molecule has 0 aromatic heterocycles. The van der Waals surface area contributed by atoms with E-state index in [1.165, 1.54) is 0 Å². The largest absolute Gasteiger partial charge is 0.316 e. The van der Waals surface area contributed by atoms with Crippen LogP contribution in [0.3, 0.4) is 0 Å². The van der Waals surface area contributed by atoms with E-state index < -0.39 is 11.3 Å². The van der Waals surface area contributed by atoms with Crippen molar-refractivity contribution in [1.29, 1.82) is 0 Å². The van der Waals surface area contributed by atoms with Crippen molar-refractivity contribution < 1.29 is 8.78 Å². The van der Waals surface area contributed by atoms with Crippen molar-refractivity contribution in [2.75, 3.05) is 13.1 Å². The van der Waals surface area contributed by atoms with Gasteiger partial charge in [0, 0.05) is 11.8 Å². The van der Waals surface area contributed by atoms with Crippen LogP contribution in [0.1, 0.15) is 27.2 Å². The first kappa shape index (κ1) is 9.90. The van der Waals surface area contributed by atoms with Crippen LogP contribution in [0, 0.1) is 11.3 Å². The van der Waals surface area contributed by atoms with E-state index in [2.05, 4.69) is 5.32 Å². The van der Waals surface area contributed by atoms with Gasteiger partial charge in [0.2, 0.25) is 0 Å². The highest BCUT2D eigenvalue weighted by molar-refractivity contribution is 4.87. The first-order chi connectivity index (χ1) is 5.33. The van der Waals surface area contributed by atoms with Crippen molar-refractivity contribution in [2.45, 2.75) is 33.1 Å². The van der Waals surface area contributed by atoms with Crippen LogP contribution in [0.2, 0.25) is 0 Å². The quantitative estimate of drug-likeness (QED) is 0.682. The van der Waals surface area contributed by atoms with Gasteiger partial charge in [-0.1, -0.05) is 20.8 Å². The number of rotatable bonds is 2. The molecule has 1 aliphatic heterocycles. The minimum atomic E-state index is -2.53. The van der Waals surface area contributed by atoms with Crippen molar-refractivity contribution in [1.82, 2.24) is 5.32 Å². The van der Waals surface area contributed by atoms with Crippen molar-refractivity contribution in [3.8, 4) is 0 Å². The van der Waals surface area contributed by atoms with Crippen LogP contribution in [0.5, 0.6) is 0 Å². The number of hydrogen-bond donors (Lipinski definition) is 1. The standard InChI is InChI=1S/C9H17F2N/c1-8(2,3)9(10,11)4-7-5-12-6-7/h7,12H,4-6H2,1-3H3. The molecule has 0 aliphatic carbocycles. The Morgan fingerprint density at radius 1 is 1.25 bits per heavy atom. The van der Waals surface area contributed by atoms with Gasteiger partial charge in [0.15, 0.2) is 0 Å². The topological polar surface area (TPSA) is 12.0 Å². The van der Waals surface area contributed by atoms with E-state index in [0.717, 1.165) is 13.1 Å². The van der Waals surface area contributed by atoms with E-state index in [9.17, 15) is 8.78 Å². The summed E-state index contributed by atoms with van der Waals surface area (Å²) in [5.41, 5.74) is -0.900. The summed E-state index contributed by atoms with van der Waals surface area (Å²) in [6, 6.07) is 0. The first-order valence-corrected chi connectivity index (χ1v) is 4.41. The molecule has 72 valence electrons. The molecule has 1 N–H and O–H groups in total. The highest BCUT2D eigenvalue weighted by Crippen LogP contribution is 2.40. The fraction of sp³-hybridized carbons (Fsp3) is 1.00. The average Bonchev–Trinajstić information content (AvgIpc) is 1.76. The molecule has 1 nitrogen and oxygen atoms in total. The second-order valence-electron chi connectivity index (χ2n) is 4.68. The van der Waals surface area contributed by atoms with E-state index in [4.69, 9.17) is 0 Å². The van der Waals surface area contributed by atoms with E-state index >= 15 is 0 Å². The zero-order chi connectivity index (χ0) is 9.41. The fourth-order valence-corrected chi connectivity index (χ4v) is 1.16. The molecule has 1 saturated heterocycles. The van der Waals surface area contributed by atoms with E-state index in [0.29, 0.717) is 0 Å². The molecular formula is C9H17F2N. The maximum absolute atomic E-state index is 13.4. The maximum atomic E-state index is 13.4. The van der Waals surface area contributed by atoms with Gasteiger partial charge in [0.25, 0.3) is 5.92 Å². The Labute approximate surface area is 72.5 Å². The molecule has 0 unspecified atom stereocenters. The molecule has 0 atom stereocenters. The second-order valence-corrected chi connectivity index (χ2v) is 4.68. The second kappa shape index (κ2) is 2.95. The molecule has 0 saturated carbocycles. The molecular weight excluding hydrogens is 160 g/mol. The highest BCUT2D eigenvalue weighted by Gasteiger charge is 2.45. The van der Waals surface area contributed by atoms with Gasteiger partial charge in [-0.15, -0.1) is 0 Å². The number of hydrogen-bond acceptors (Lipinski definition) is 1. The Kier molecular flexibility index (Phi) is 2.43. The molecule has 0 radical (unpaired) electrons.